The zero-order valence-corrected chi connectivity index (χ0v) is 13.0. The van der Waals surface area contributed by atoms with E-state index in [9.17, 15) is 0 Å². The van der Waals surface area contributed by atoms with Gasteiger partial charge in [0.15, 0.2) is 0 Å². The highest BCUT2D eigenvalue weighted by Crippen LogP contribution is 2.38. The van der Waals surface area contributed by atoms with Gasteiger partial charge in [-0.3, -0.25) is 5.10 Å². The van der Waals surface area contributed by atoms with Crippen LogP contribution < -0.4 is 10.1 Å². The van der Waals surface area contributed by atoms with Crippen LogP contribution in [0.1, 0.15) is 5.56 Å². The Hall–Kier alpha value is -2.53. The molecule has 0 unspecified atom stereocenters. The van der Waals surface area contributed by atoms with Crippen molar-refractivity contribution in [2.45, 2.75) is 6.92 Å². The summed E-state index contributed by atoms with van der Waals surface area (Å²) in [6.45, 7) is 1.97. The molecule has 0 aliphatic carbocycles. The van der Waals surface area contributed by atoms with Gasteiger partial charge in [-0.25, -0.2) is 4.98 Å². The maximum atomic E-state index is 5.97. The lowest BCUT2D eigenvalue weighted by Gasteiger charge is -2.15. The van der Waals surface area contributed by atoms with Crippen molar-refractivity contribution in [1.82, 2.24) is 15.2 Å². The van der Waals surface area contributed by atoms with Gasteiger partial charge in [0.1, 0.15) is 10.9 Å². The van der Waals surface area contributed by atoms with Crippen molar-refractivity contribution in [3.63, 3.8) is 0 Å². The van der Waals surface area contributed by atoms with Crippen molar-refractivity contribution in [3.8, 4) is 16.9 Å². The van der Waals surface area contributed by atoms with E-state index in [-0.39, 0.29) is 0 Å². The molecule has 2 N–H and O–H groups in total. The molecule has 0 bridgehead atoms. The number of hydrogen-bond acceptors (Lipinski definition) is 4. The third kappa shape index (κ3) is 2.76. The molecular weight excluding hydrogens is 300 g/mol. The number of aromatic amines is 1. The van der Waals surface area contributed by atoms with E-state index in [2.05, 4.69) is 20.5 Å². The average molecular weight is 315 g/mol. The van der Waals surface area contributed by atoms with Crippen molar-refractivity contribution < 1.29 is 4.74 Å². The van der Waals surface area contributed by atoms with Gasteiger partial charge in [0.05, 0.1) is 19.0 Å². The summed E-state index contributed by atoms with van der Waals surface area (Å²) in [5.74, 6) is 0.747. The lowest BCUT2D eigenvalue weighted by Crippen LogP contribution is -1.98. The first-order chi connectivity index (χ1) is 10.7. The van der Waals surface area contributed by atoms with Crippen LogP contribution in [0.2, 0.25) is 5.15 Å². The number of para-hydroxylation sites is 1. The first-order valence-corrected chi connectivity index (χ1v) is 7.12. The molecule has 6 heteroatoms. The summed E-state index contributed by atoms with van der Waals surface area (Å²) < 4.78 is 5.59. The molecule has 3 aromatic rings. The molecular formula is C16H15ClN4O. The Bertz CT molecular complexity index is 787. The molecule has 112 valence electrons. The molecule has 2 aromatic heterocycles. The number of aryl methyl sites for hydroxylation is 1. The fourth-order valence-corrected chi connectivity index (χ4v) is 2.42. The summed E-state index contributed by atoms with van der Waals surface area (Å²) in [5.41, 5.74) is 4.67. The van der Waals surface area contributed by atoms with Crippen LogP contribution >= 0.6 is 11.6 Å². The number of benzene rings is 1. The van der Waals surface area contributed by atoms with Gasteiger partial charge in [0, 0.05) is 29.2 Å². The highest BCUT2D eigenvalue weighted by molar-refractivity contribution is 6.29. The first-order valence-electron chi connectivity index (χ1n) is 6.74. The van der Waals surface area contributed by atoms with Gasteiger partial charge >= 0.3 is 0 Å². The summed E-state index contributed by atoms with van der Waals surface area (Å²) in [6, 6.07) is 7.70. The van der Waals surface area contributed by atoms with Gasteiger partial charge in [-0.1, -0.05) is 23.7 Å². The number of anilines is 2. The van der Waals surface area contributed by atoms with Gasteiger partial charge < -0.3 is 10.1 Å². The predicted octanol–water partition coefficient (Wildman–Crippen LogP) is 4.19. The zero-order chi connectivity index (χ0) is 15.5. The number of hydrogen-bond donors (Lipinski definition) is 2. The second-order valence-corrected chi connectivity index (χ2v) is 5.21. The number of methoxy groups -OCH3 is 1. The third-order valence-corrected chi connectivity index (χ3v) is 3.57. The molecule has 0 radical (unpaired) electrons. The van der Waals surface area contributed by atoms with Gasteiger partial charge in [-0.15, -0.1) is 0 Å². The zero-order valence-electron chi connectivity index (χ0n) is 12.2. The summed E-state index contributed by atoms with van der Waals surface area (Å²) >= 11 is 5.97. The van der Waals surface area contributed by atoms with Crippen LogP contribution in [0.25, 0.3) is 11.1 Å². The Morgan fingerprint density at radius 3 is 2.82 bits per heavy atom. The number of pyridine rings is 1. The molecule has 0 atom stereocenters. The number of rotatable bonds is 4. The lowest BCUT2D eigenvalue weighted by atomic mass is 10.1. The first kappa shape index (κ1) is 14.4. The van der Waals surface area contributed by atoms with Crippen LogP contribution in [0, 0.1) is 6.92 Å². The number of halogens is 1. The number of nitrogens with one attached hydrogen (secondary N) is 2. The van der Waals surface area contributed by atoms with Gasteiger partial charge in [0.25, 0.3) is 0 Å². The largest absolute Gasteiger partial charge is 0.494 e. The Kier molecular flexibility index (Phi) is 3.98. The number of H-pyrrole nitrogens is 1. The van der Waals surface area contributed by atoms with Crippen LogP contribution in [-0.2, 0) is 0 Å². The molecule has 5 nitrogen and oxygen atoms in total. The lowest BCUT2D eigenvalue weighted by molar-refractivity contribution is 0.418. The molecule has 1 aromatic carbocycles. The summed E-state index contributed by atoms with van der Waals surface area (Å²) in [6.07, 6.45) is 5.32. The van der Waals surface area contributed by atoms with Crippen molar-refractivity contribution in [2.24, 2.45) is 0 Å². The van der Waals surface area contributed by atoms with E-state index in [0.29, 0.717) is 5.15 Å². The van der Waals surface area contributed by atoms with Crippen molar-refractivity contribution in [2.75, 3.05) is 12.4 Å². The molecule has 0 amide bonds. The summed E-state index contributed by atoms with van der Waals surface area (Å²) in [4.78, 5) is 4.06. The molecule has 2 heterocycles. The highest BCUT2D eigenvalue weighted by Gasteiger charge is 2.12. The van der Waals surface area contributed by atoms with Gasteiger partial charge in [0.2, 0.25) is 0 Å². The van der Waals surface area contributed by atoms with Crippen LogP contribution in [0.3, 0.4) is 0 Å². The maximum absolute atomic E-state index is 5.97. The number of ether oxygens (including phenoxy) is 1. The van der Waals surface area contributed by atoms with E-state index in [4.69, 9.17) is 16.3 Å². The van der Waals surface area contributed by atoms with Crippen molar-refractivity contribution >= 4 is 23.0 Å². The van der Waals surface area contributed by atoms with Crippen molar-refractivity contribution in [3.05, 3.63) is 53.6 Å². The topological polar surface area (TPSA) is 62.8 Å². The van der Waals surface area contributed by atoms with Crippen molar-refractivity contribution in [1.29, 1.82) is 0 Å². The van der Waals surface area contributed by atoms with E-state index in [1.165, 1.54) is 0 Å². The second kappa shape index (κ2) is 6.07. The summed E-state index contributed by atoms with van der Waals surface area (Å²) in [7, 11) is 1.65. The SMILES string of the molecule is COc1c(Nc2cc(Cl)ncc2C)cccc1-c1cn[nH]c1. The molecule has 0 aliphatic heterocycles. The minimum absolute atomic E-state index is 0.443. The Morgan fingerprint density at radius 1 is 1.23 bits per heavy atom. The van der Waals surface area contributed by atoms with Crippen LogP contribution in [0.15, 0.2) is 42.9 Å². The van der Waals surface area contributed by atoms with Crippen LogP contribution in [0.4, 0.5) is 11.4 Å². The monoisotopic (exact) mass is 314 g/mol. The second-order valence-electron chi connectivity index (χ2n) is 4.82. The smallest absolute Gasteiger partial charge is 0.150 e. The van der Waals surface area contributed by atoms with E-state index in [1.807, 2.05) is 31.3 Å². The van der Waals surface area contributed by atoms with Gasteiger partial charge in [-0.2, -0.15) is 5.10 Å². The number of aromatic nitrogens is 3. The number of nitrogens with zero attached hydrogens (tertiary/aromatic N) is 2. The predicted molar refractivity (Wildman–Crippen MR) is 87.8 cm³/mol. The van der Waals surface area contributed by atoms with Gasteiger partial charge in [-0.05, 0) is 24.6 Å². The normalized spacial score (nSPS) is 10.5. The Labute approximate surface area is 133 Å². The fraction of sp³-hybridized carbons (Fsp3) is 0.125. The standard InChI is InChI=1S/C16H15ClN4O/c1-10-7-18-15(17)6-14(10)21-13-5-3-4-12(16(13)22-2)11-8-19-20-9-11/h3-9H,1-2H3,(H,18,21)(H,19,20). The van der Waals surface area contributed by atoms with E-state index in [0.717, 1.165) is 33.8 Å². The average Bonchev–Trinajstić information content (AvgIpc) is 3.05. The Balaban J connectivity index is 2.04. The molecule has 0 saturated heterocycles. The minimum atomic E-state index is 0.443. The molecule has 0 saturated carbocycles. The van der Waals surface area contributed by atoms with E-state index >= 15 is 0 Å². The minimum Gasteiger partial charge on any atom is -0.494 e. The van der Waals surface area contributed by atoms with E-state index < -0.39 is 0 Å². The Morgan fingerprint density at radius 2 is 2.09 bits per heavy atom. The molecule has 3 rings (SSSR count). The maximum Gasteiger partial charge on any atom is 0.150 e. The highest BCUT2D eigenvalue weighted by atomic mass is 35.5. The van der Waals surface area contributed by atoms with Crippen LogP contribution in [0.5, 0.6) is 5.75 Å². The molecule has 0 aliphatic rings. The van der Waals surface area contributed by atoms with Crippen LogP contribution in [-0.4, -0.2) is 22.3 Å². The quantitative estimate of drug-likeness (QED) is 0.709. The molecule has 0 spiro atoms. The fourth-order valence-electron chi connectivity index (χ4n) is 2.26. The molecule has 22 heavy (non-hydrogen) atoms. The molecule has 0 fully saturated rings. The van der Waals surface area contributed by atoms with E-state index in [1.54, 1.807) is 25.6 Å². The summed E-state index contributed by atoms with van der Waals surface area (Å²) in [5, 5.41) is 10.6. The third-order valence-electron chi connectivity index (χ3n) is 3.37.